The molecule has 198 valence electrons. The van der Waals surface area contributed by atoms with Crippen LogP contribution in [-0.2, 0) is 15.8 Å². The average Bonchev–Trinajstić information content (AvgIpc) is 3.43. The van der Waals surface area contributed by atoms with Crippen LogP contribution in [0.3, 0.4) is 0 Å². The highest BCUT2D eigenvalue weighted by Gasteiger charge is 2.67. The molecule has 2 aromatic rings. The molecule has 1 aromatic heterocycles. The van der Waals surface area contributed by atoms with E-state index in [0.717, 1.165) is 37.8 Å². The molecule has 0 radical (unpaired) electrons. The first kappa shape index (κ1) is 25.5. The molecule has 2 atom stereocenters. The number of hydrogen-bond donors (Lipinski definition) is 2. The fourth-order valence-corrected chi connectivity index (χ4v) is 6.29. The minimum Gasteiger partial charge on any atom is -0.324 e. The lowest BCUT2D eigenvalue weighted by Gasteiger charge is -2.40. The molecule has 1 saturated heterocycles. The highest BCUT2D eigenvalue weighted by atomic mass is 32.1. The van der Waals surface area contributed by atoms with Crippen molar-refractivity contribution in [3.63, 3.8) is 0 Å². The number of alkyl halides is 3. The number of rotatable bonds is 5. The van der Waals surface area contributed by atoms with E-state index in [4.69, 9.17) is 0 Å². The van der Waals surface area contributed by atoms with Gasteiger partial charge in [0.2, 0.25) is 5.91 Å². The van der Waals surface area contributed by atoms with Crippen molar-refractivity contribution < 1.29 is 27.6 Å². The van der Waals surface area contributed by atoms with Crippen LogP contribution in [0, 0.1) is 11.8 Å². The maximum absolute atomic E-state index is 13.5. The fraction of sp³-hybridized carbons (Fsp3) is 0.520. The SMILES string of the molecule is O=C(Nc1ccc(C(F)(F)F)cc1)N1CCN(C2(C(=O)Nc3nccs3)CC2C2CCCCC2)C(=O)C1. The number of halogens is 3. The molecule has 4 amide bonds. The van der Waals surface area contributed by atoms with Crippen LogP contribution in [0.4, 0.5) is 28.8 Å². The van der Waals surface area contributed by atoms with E-state index in [2.05, 4.69) is 15.6 Å². The molecule has 12 heteroatoms. The molecule has 37 heavy (non-hydrogen) atoms. The molecule has 1 aliphatic heterocycles. The number of hydrogen-bond acceptors (Lipinski definition) is 5. The first-order valence-corrected chi connectivity index (χ1v) is 13.3. The van der Waals surface area contributed by atoms with Gasteiger partial charge in [0.15, 0.2) is 5.13 Å². The van der Waals surface area contributed by atoms with Crippen LogP contribution < -0.4 is 10.6 Å². The molecular weight excluding hydrogens is 507 g/mol. The molecule has 2 saturated carbocycles. The summed E-state index contributed by atoms with van der Waals surface area (Å²) in [5.41, 5.74) is -1.56. The summed E-state index contributed by atoms with van der Waals surface area (Å²) in [5, 5.41) is 7.71. The maximum atomic E-state index is 13.5. The van der Waals surface area contributed by atoms with Crippen molar-refractivity contribution in [1.29, 1.82) is 0 Å². The van der Waals surface area contributed by atoms with Crippen molar-refractivity contribution in [3.8, 4) is 0 Å². The topological polar surface area (TPSA) is 94.6 Å². The Hall–Kier alpha value is -3.15. The van der Waals surface area contributed by atoms with Gasteiger partial charge in [-0.15, -0.1) is 11.3 Å². The molecule has 5 rings (SSSR count). The number of amides is 4. The molecule has 3 aliphatic rings. The third-order valence-corrected chi connectivity index (χ3v) is 8.39. The number of nitrogens with zero attached hydrogens (tertiary/aromatic N) is 3. The zero-order valence-electron chi connectivity index (χ0n) is 20.1. The van der Waals surface area contributed by atoms with Crippen molar-refractivity contribution in [1.82, 2.24) is 14.8 Å². The number of piperazine rings is 1. The Balaban J connectivity index is 1.26. The summed E-state index contributed by atoms with van der Waals surface area (Å²) in [6.45, 7) is 0.200. The Morgan fingerprint density at radius 1 is 1.05 bits per heavy atom. The first-order valence-electron chi connectivity index (χ1n) is 12.4. The lowest BCUT2D eigenvalue weighted by molar-refractivity contribution is -0.144. The number of anilines is 2. The highest BCUT2D eigenvalue weighted by molar-refractivity contribution is 7.13. The molecule has 1 aromatic carbocycles. The zero-order chi connectivity index (χ0) is 26.2. The molecule has 0 spiro atoms. The number of thiazole rings is 1. The minimum absolute atomic E-state index is 0.0734. The lowest BCUT2D eigenvalue weighted by Crippen LogP contribution is -2.61. The number of carbonyl (C=O) groups excluding carboxylic acids is 3. The van der Waals surface area contributed by atoms with Gasteiger partial charge in [0.05, 0.1) is 5.56 Å². The van der Waals surface area contributed by atoms with Crippen LogP contribution in [0.5, 0.6) is 0 Å². The smallest absolute Gasteiger partial charge is 0.324 e. The van der Waals surface area contributed by atoms with E-state index in [1.54, 1.807) is 16.5 Å². The van der Waals surface area contributed by atoms with Gasteiger partial charge in [0.25, 0.3) is 5.91 Å². The van der Waals surface area contributed by atoms with Gasteiger partial charge in [-0.3, -0.25) is 14.9 Å². The summed E-state index contributed by atoms with van der Waals surface area (Å²) in [7, 11) is 0. The van der Waals surface area contributed by atoms with Gasteiger partial charge in [0.1, 0.15) is 12.1 Å². The van der Waals surface area contributed by atoms with Crippen molar-refractivity contribution in [2.24, 2.45) is 11.8 Å². The maximum Gasteiger partial charge on any atom is 0.416 e. The van der Waals surface area contributed by atoms with Crippen LogP contribution in [0.25, 0.3) is 0 Å². The summed E-state index contributed by atoms with van der Waals surface area (Å²) in [5.74, 6) is -0.0933. The van der Waals surface area contributed by atoms with Gasteiger partial charge in [-0.05, 0) is 42.5 Å². The fourth-order valence-electron chi connectivity index (χ4n) is 5.77. The number of urea groups is 1. The van der Waals surface area contributed by atoms with Gasteiger partial charge in [-0.1, -0.05) is 32.1 Å². The molecule has 2 N–H and O–H groups in total. The second-order valence-corrected chi connectivity index (χ2v) is 10.8. The van der Waals surface area contributed by atoms with Gasteiger partial charge in [-0.25, -0.2) is 9.78 Å². The Morgan fingerprint density at radius 2 is 1.78 bits per heavy atom. The summed E-state index contributed by atoms with van der Waals surface area (Å²) < 4.78 is 38.4. The van der Waals surface area contributed by atoms with Crippen LogP contribution in [-0.4, -0.2) is 57.8 Å². The Morgan fingerprint density at radius 3 is 2.41 bits per heavy atom. The molecule has 3 fully saturated rings. The van der Waals surface area contributed by atoms with Crippen LogP contribution in [0.2, 0.25) is 0 Å². The van der Waals surface area contributed by atoms with E-state index in [0.29, 0.717) is 17.5 Å². The number of benzene rings is 1. The quantitative estimate of drug-likeness (QED) is 0.574. The van der Waals surface area contributed by atoms with E-state index < -0.39 is 23.3 Å². The average molecular weight is 536 g/mol. The third-order valence-electron chi connectivity index (χ3n) is 7.70. The second-order valence-electron chi connectivity index (χ2n) is 9.90. The summed E-state index contributed by atoms with van der Waals surface area (Å²) in [6.07, 6.45) is 3.25. The standard InChI is InChI=1S/C25H28F3N5O3S/c26-25(27,28)17-6-8-18(9-7-17)30-23(36)32-11-12-33(20(34)15-32)24(21(35)31-22-29-10-13-37-22)14-19(24)16-4-2-1-3-5-16/h6-10,13,16,19H,1-5,11-12,14-15H2,(H,30,36)(H,29,31,35). The first-order chi connectivity index (χ1) is 17.7. The third kappa shape index (κ3) is 5.16. The van der Waals surface area contributed by atoms with Gasteiger partial charge in [0, 0.05) is 30.4 Å². The van der Waals surface area contributed by atoms with Crippen LogP contribution >= 0.6 is 11.3 Å². The molecule has 0 bridgehead atoms. The normalized spacial score (nSPS) is 24.6. The van der Waals surface area contributed by atoms with E-state index in [1.807, 2.05) is 0 Å². The van der Waals surface area contributed by atoms with E-state index >= 15 is 0 Å². The summed E-state index contributed by atoms with van der Waals surface area (Å²) in [4.78, 5) is 46.7. The molecule has 2 heterocycles. The summed E-state index contributed by atoms with van der Waals surface area (Å²) >= 11 is 1.32. The largest absolute Gasteiger partial charge is 0.416 e. The Bertz CT molecular complexity index is 1150. The molecule has 2 unspecified atom stereocenters. The van der Waals surface area contributed by atoms with Crippen molar-refractivity contribution in [2.75, 3.05) is 30.3 Å². The number of carbonyl (C=O) groups is 3. The molecule has 8 nitrogen and oxygen atoms in total. The van der Waals surface area contributed by atoms with Crippen molar-refractivity contribution in [3.05, 3.63) is 41.4 Å². The Labute approximate surface area is 216 Å². The minimum atomic E-state index is -4.47. The van der Waals surface area contributed by atoms with E-state index in [9.17, 15) is 27.6 Å². The van der Waals surface area contributed by atoms with Gasteiger partial charge < -0.3 is 15.1 Å². The van der Waals surface area contributed by atoms with Gasteiger partial charge >= 0.3 is 12.2 Å². The second kappa shape index (κ2) is 9.96. The van der Waals surface area contributed by atoms with E-state index in [-0.39, 0.29) is 43.1 Å². The lowest BCUT2D eigenvalue weighted by atomic mass is 9.83. The summed E-state index contributed by atoms with van der Waals surface area (Å²) in [6, 6.07) is 3.56. The highest BCUT2D eigenvalue weighted by Crippen LogP contribution is 2.57. The number of aromatic nitrogens is 1. The number of nitrogens with one attached hydrogen (secondary N) is 2. The molecule has 2 aliphatic carbocycles. The van der Waals surface area contributed by atoms with Crippen molar-refractivity contribution >= 4 is 40.0 Å². The van der Waals surface area contributed by atoms with E-state index in [1.165, 1.54) is 34.8 Å². The van der Waals surface area contributed by atoms with Crippen LogP contribution in [0.15, 0.2) is 35.8 Å². The Kier molecular flexibility index (Phi) is 6.86. The predicted octanol–water partition coefficient (Wildman–Crippen LogP) is 4.82. The van der Waals surface area contributed by atoms with Gasteiger partial charge in [-0.2, -0.15) is 13.2 Å². The van der Waals surface area contributed by atoms with Crippen molar-refractivity contribution in [2.45, 2.75) is 50.2 Å². The van der Waals surface area contributed by atoms with Crippen LogP contribution in [0.1, 0.15) is 44.1 Å². The predicted molar refractivity (Wildman–Crippen MR) is 132 cm³/mol. The monoisotopic (exact) mass is 535 g/mol. The molecular formula is C25H28F3N5O3S. The zero-order valence-corrected chi connectivity index (χ0v) is 20.9.